The highest BCUT2D eigenvalue weighted by Gasteiger charge is 2.37. The Hall–Kier alpha value is -2.61. The minimum absolute atomic E-state index is 0.178. The molecule has 1 heterocycles. The molecule has 2 aromatic rings. The number of rotatable bonds is 11. The van der Waals surface area contributed by atoms with E-state index in [4.69, 9.17) is 16.3 Å². The molecule has 0 radical (unpaired) electrons. The fraction of sp³-hybridized carbons (Fsp3) is 0.485. The third kappa shape index (κ3) is 8.02. The predicted octanol–water partition coefficient (Wildman–Crippen LogP) is 6.77. The minimum atomic E-state index is -1.52. The third-order valence-corrected chi connectivity index (χ3v) is 10.2. The van der Waals surface area contributed by atoms with E-state index < -0.39 is 11.0 Å². The molecule has 6 nitrogen and oxygen atoms in total. The first-order valence-electron chi connectivity index (χ1n) is 14.7. The molecule has 5 atom stereocenters. The summed E-state index contributed by atoms with van der Waals surface area (Å²) in [5, 5.41) is 11.2. The van der Waals surface area contributed by atoms with Gasteiger partial charge < -0.3 is 14.7 Å². The number of fused-ring (bicyclic) bond motifs is 2. The molecule has 1 amide bonds. The number of nitrogens with zero attached hydrogens (tertiary/aromatic N) is 1. The summed E-state index contributed by atoms with van der Waals surface area (Å²) in [5.74, 6) is 0.900. The van der Waals surface area contributed by atoms with Crippen LogP contribution in [0.15, 0.2) is 61.7 Å². The minimum Gasteiger partial charge on any atom is -0.487 e. The number of amides is 1. The van der Waals surface area contributed by atoms with Crippen LogP contribution in [0, 0.1) is 11.8 Å². The van der Waals surface area contributed by atoms with Crippen LogP contribution in [0.1, 0.15) is 73.4 Å². The number of carbonyl (C=O) groups excluding carboxylic acids is 1. The van der Waals surface area contributed by atoms with Gasteiger partial charge >= 0.3 is 0 Å². The zero-order valence-corrected chi connectivity index (χ0v) is 25.6. The monoisotopic (exact) mass is 598 g/mol. The van der Waals surface area contributed by atoms with Crippen molar-refractivity contribution < 1.29 is 18.8 Å². The molecule has 2 N–H and O–H groups in total. The van der Waals surface area contributed by atoms with Crippen LogP contribution in [0.25, 0.3) is 0 Å². The van der Waals surface area contributed by atoms with Crippen LogP contribution in [0.4, 0.5) is 5.69 Å². The summed E-state index contributed by atoms with van der Waals surface area (Å²) in [5.41, 5.74) is 3.59. The zero-order chi connectivity index (χ0) is 29.4. The Bertz CT molecular complexity index is 1250. The molecule has 8 heteroatoms. The number of benzene rings is 2. The van der Waals surface area contributed by atoms with Crippen LogP contribution in [-0.2, 0) is 24.0 Å². The van der Waals surface area contributed by atoms with Crippen molar-refractivity contribution in [3.63, 3.8) is 0 Å². The Kier molecular flexibility index (Phi) is 11.5. The zero-order valence-electron chi connectivity index (χ0n) is 24.0. The van der Waals surface area contributed by atoms with Crippen LogP contribution in [0.5, 0.6) is 5.75 Å². The van der Waals surface area contributed by atoms with E-state index in [-0.39, 0.29) is 23.2 Å². The fourth-order valence-corrected chi connectivity index (χ4v) is 7.14. The van der Waals surface area contributed by atoms with Gasteiger partial charge in [0.25, 0.3) is 5.91 Å². The number of carbonyl (C=O) groups is 1. The lowest BCUT2D eigenvalue weighted by Crippen LogP contribution is -2.43. The van der Waals surface area contributed by atoms with Gasteiger partial charge in [-0.2, -0.15) is 0 Å². The number of allylic oxidation sites excluding steroid dienone is 1. The van der Waals surface area contributed by atoms with Crippen molar-refractivity contribution in [3.8, 4) is 5.75 Å². The number of aliphatic hydroxyl groups excluding tert-OH is 1. The highest BCUT2D eigenvalue weighted by molar-refractivity contribution is 7.84. The molecule has 222 valence electrons. The standard InChI is InChI=1S/C33H43ClN2O4S/c1-4-9-28(6-3)41(39)35-33(38)24-14-17-32-30(20-24)36(21-25-13-16-29(25)31(37)10-5-2)18-8-7-11-23-19-27(34)15-12-26(23)22-40-32/h4-5,12,14-15,17,19-20,25,28-29,31,37H,1-2,6-11,13,16,18,21-22H2,3H3,(H,35,38)/t25-,28-,29+,31-,41?/m0/s1. The lowest BCUT2D eigenvalue weighted by atomic mass is 9.69. The van der Waals surface area contributed by atoms with Crippen molar-refractivity contribution >= 4 is 34.2 Å². The van der Waals surface area contributed by atoms with Crippen LogP contribution < -0.4 is 14.4 Å². The summed E-state index contributed by atoms with van der Waals surface area (Å²) < 4.78 is 22.0. The van der Waals surface area contributed by atoms with Crippen molar-refractivity contribution in [2.45, 2.75) is 76.3 Å². The predicted molar refractivity (Wildman–Crippen MR) is 169 cm³/mol. The fourth-order valence-electron chi connectivity index (χ4n) is 5.86. The lowest BCUT2D eigenvalue weighted by Gasteiger charge is -2.43. The quantitative estimate of drug-likeness (QED) is 0.279. The molecule has 1 saturated carbocycles. The Labute approximate surface area is 252 Å². The van der Waals surface area contributed by atoms with E-state index in [1.807, 2.05) is 37.3 Å². The molecule has 1 aliphatic heterocycles. The van der Waals surface area contributed by atoms with Crippen LogP contribution in [0.2, 0.25) is 5.02 Å². The van der Waals surface area contributed by atoms with Crippen LogP contribution in [-0.4, -0.2) is 39.7 Å². The average molecular weight is 599 g/mol. The molecule has 0 spiro atoms. The van der Waals surface area contributed by atoms with E-state index in [1.54, 1.807) is 18.2 Å². The molecule has 0 saturated heterocycles. The number of nitrogens with one attached hydrogen (secondary N) is 1. The van der Waals surface area contributed by atoms with Gasteiger partial charge in [-0.3, -0.25) is 9.52 Å². The number of halogens is 1. The maximum atomic E-state index is 13.3. The summed E-state index contributed by atoms with van der Waals surface area (Å²) in [7, 11) is -1.52. The number of aryl methyl sites for hydroxylation is 1. The van der Waals surface area contributed by atoms with Gasteiger partial charge in [-0.05, 0) is 105 Å². The highest BCUT2D eigenvalue weighted by atomic mass is 35.5. The molecule has 2 aromatic carbocycles. The molecule has 0 bridgehead atoms. The molecule has 1 aliphatic carbocycles. The Morgan fingerprint density at radius 1 is 1.17 bits per heavy atom. The number of aliphatic hydroxyl groups is 1. The molecular weight excluding hydrogens is 556 g/mol. The van der Waals surface area contributed by atoms with E-state index in [1.165, 1.54) is 5.56 Å². The molecule has 0 aromatic heterocycles. The van der Waals surface area contributed by atoms with Gasteiger partial charge in [-0.1, -0.05) is 36.7 Å². The van der Waals surface area contributed by atoms with Gasteiger partial charge in [-0.25, -0.2) is 4.21 Å². The number of anilines is 1. The maximum absolute atomic E-state index is 13.3. The smallest absolute Gasteiger partial charge is 0.263 e. The van der Waals surface area contributed by atoms with E-state index in [2.05, 4.69) is 22.8 Å². The first-order chi connectivity index (χ1) is 19.8. The Morgan fingerprint density at radius 2 is 1.98 bits per heavy atom. The van der Waals surface area contributed by atoms with Crippen molar-refractivity contribution in [2.24, 2.45) is 11.8 Å². The SMILES string of the molecule is C=CC[C@H](CC)S(=O)NC(=O)c1ccc2c(c1)N(C[C@@H]1CC[C@H]1[C@@H](O)CC=C)CCCCc1cc(Cl)ccc1CO2. The molecule has 4 rings (SSSR count). The lowest BCUT2D eigenvalue weighted by molar-refractivity contribution is 0.0181. The normalized spacial score (nSPS) is 21.0. The summed E-state index contributed by atoms with van der Waals surface area (Å²) >= 11 is 6.31. The van der Waals surface area contributed by atoms with E-state index in [0.29, 0.717) is 43.1 Å². The van der Waals surface area contributed by atoms with Gasteiger partial charge in [0.1, 0.15) is 23.3 Å². The summed E-state index contributed by atoms with van der Waals surface area (Å²) in [6.07, 6.45) is 9.89. The van der Waals surface area contributed by atoms with Gasteiger partial charge in [0, 0.05) is 23.7 Å². The number of hydrogen-bond acceptors (Lipinski definition) is 5. The summed E-state index contributed by atoms with van der Waals surface area (Å²) in [6.45, 7) is 11.5. The Balaban J connectivity index is 1.63. The topological polar surface area (TPSA) is 78.9 Å². The molecule has 1 fully saturated rings. The van der Waals surface area contributed by atoms with Crippen LogP contribution >= 0.6 is 11.6 Å². The van der Waals surface area contributed by atoms with Crippen molar-refractivity contribution in [3.05, 3.63) is 83.4 Å². The second kappa shape index (κ2) is 15.0. The molecule has 1 unspecified atom stereocenters. The number of ether oxygens (including phenoxy) is 1. The number of hydrogen-bond donors (Lipinski definition) is 2. The largest absolute Gasteiger partial charge is 0.487 e. The highest BCUT2D eigenvalue weighted by Crippen LogP contribution is 2.41. The van der Waals surface area contributed by atoms with E-state index in [9.17, 15) is 14.1 Å². The average Bonchev–Trinajstić information content (AvgIpc) is 2.97. The second-order valence-electron chi connectivity index (χ2n) is 11.2. The van der Waals surface area contributed by atoms with Crippen molar-refractivity contribution in [2.75, 3.05) is 18.0 Å². The van der Waals surface area contributed by atoms with E-state index >= 15 is 0 Å². The second-order valence-corrected chi connectivity index (χ2v) is 13.1. The van der Waals surface area contributed by atoms with Gasteiger partial charge in [0.15, 0.2) is 0 Å². The van der Waals surface area contributed by atoms with E-state index in [0.717, 1.165) is 61.5 Å². The van der Waals surface area contributed by atoms with Gasteiger partial charge in [-0.15, -0.1) is 13.2 Å². The maximum Gasteiger partial charge on any atom is 0.263 e. The van der Waals surface area contributed by atoms with Crippen molar-refractivity contribution in [1.29, 1.82) is 0 Å². The van der Waals surface area contributed by atoms with Gasteiger partial charge in [0.2, 0.25) is 0 Å². The van der Waals surface area contributed by atoms with Gasteiger partial charge in [0.05, 0.1) is 17.0 Å². The third-order valence-electron chi connectivity index (χ3n) is 8.45. The molecule has 2 aliphatic rings. The summed E-state index contributed by atoms with van der Waals surface area (Å²) in [6, 6.07) is 11.4. The first-order valence-corrected chi connectivity index (χ1v) is 16.3. The first kappa shape index (κ1) is 31.3. The Morgan fingerprint density at radius 3 is 2.68 bits per heavy atom. The van der Waals surface area contributed by atoms with Crippen LogP contribution in [0.3, 0.4) is 0 Å². The molecular formula is C33H43ClN2O4S. The summed E-state index contributed by atoms with van der Waals surface area (Å²) in [4.78, 5) is 15.6. The van der Waals surface area contributed by atoms with Crippen molar-refractivity contribution in [1.82, 2.24) is 4.72 Å². The molecule has 41 heavy (non-hydrogen) atoms.